The summed E-state index contributed by atoms with van der Waals surface area (Å²) in [5.41, 5.74) is 1.51. The van der Waals surface area contributed by atoms with E-state index in [0.29, 0.717) is 6.04 Å². The standard InChI is InChI=1S/C12H20N2O/c1-12(2,3)10-8-13-14(9-10)11-4-6-15-7-5-11/h8-9,11H,4-7H2,1-3H3. The molecule has 1 aliphatic heterocycles. The Morgan fingerprint density at radius 3 is 2.53 bits per heavy atom. The van der Waals surface area contributed by atoms with Crippen LogP contribution in [0.4, 0.5) is 0 Å². The minimum Gasteiger partial charge on any atom is -0.381 e. The highest BCUT2D eigenvalue weighted by Crippen LogP contribution is 2.25. The average Bonchev–Trinajstić information content (AvgIpc) is 2.67. The van der Waals surface area contributed by atoms with Crippen molar-refractivity contribution in [2.75, 3.05) is 13.2 Å². The van der Waals surface area contributed by atoms with Crippen LogP contribution in [0.5, 0.6) is 0 Å². The Kier molecular flexibility index (Phi) is 2.83. The quantitative estimate of drug-likeness (QED) is 0.709. The monoisotopic (exact) mass is 208 g/mol. The van der Waals surface area contributed by atoms with Crippen LogP contribution in [0.3, 0.4) is 0 Å². The second-order valence-corrected chi connectivity index (χ2v) is 5.30. The topological polar surface area (TPSA) is 27.1 Å². The second kappa shape index (κ2) is 3.97. The SMILES string of the molecule is CC(C)(C)c1cnn(C2CCOCC2)c1. The zero-order valence-electron chi connectivity index (χ0n) is 9.86. The van der Waals surface area contributed by atoms with Crippen molar-refractivity contribution in [1.82, 2.24) is 9.78 Å². The van der Waals surface area contributed by atoms with Crippen LogP contribution in [0.15, 0.2) is 12.4 Å². The first-order valence-corrected chi connectivity index (χ1v) is 5.70. The fourth-order valence-electron chi connectivity index (χ4n) is 1.87. The Balaban J connectivity index is 2.12. The molecule has 0 bridgehead atoms. The van der Waals surface area contributed by atoms with Crippen LogP contribution in [0.25, 0.3) is 0 Å². The van der Waals surface area contributed by atoms with Crippen LogP contribution >= 0.6 is 0 Å². The van der Waals surface area contributed by atoms with E-state index < -0.39 is 0 Å². The van der Waals surface area contributed by atoms with Gasteiger partial charge in [-0.3, -0.25) is 4.68 Å². The van der Waals surface area contributed by atoms with Gasteiger partial charge < -0.3 is 4.74 Å². The van der Waals surface area contributed by atoms with E-state index in [0.717, 1.165) is 26.1 Å². The summed E-state index contributed by atoms with van der Waals surface area (Å²) in [6, 6.07) is 0.537. The molecule has 0 saturated carbocycles. The highest BCUT2D eigenvalue weighted by Gasteiger charge is 2.20. The van der Waals surface area contributed by atoms with E-state index in [4.69, 9.17) is 4.74 Å². The molecule has 0 atom stereocenters. The van der Waals surface area contributed by atoms with Crippen LogP contribution in [-0.4, -0.2) is 23.0 Å². The molecule has 0 aromatic carbocycles. The molecule has 0 radical (unpaired) electrons. The molecule has 1 fully saturated rings. The molecule has 84 valence electrons. The van der Waals surface area contributed by atoms with Crippen molar-refractivity contribution < 1.29 is 4.74 Å². The number of hydrogen-bond acceptors (Lipinski definition) is 2. The van der Waals surface area contributed by atoms with Crippen molar-refractivity contribution in [3.05, 3.63) is 18.0 Å². The third kappa shape index (κ3) is 2.40. The maximum atomic E-state index is 5.35. The summed E-state index contributed by atoms with van der Waals surface area (Å²) in [5.74, 6) is 0. The van der Waals surface area contributed by atoms with Gasteiger partial charge in [-0.2, -0.15) is 5.10 Å². The summed E-state index contributed by atoms with van der Waals surface area (Å²) in [6.45, 7) is 8.40. The summed E-state index contributed by atoms with van der Waals surface area (Å²) >= 11 is 0. The summed E-state index contributed by atoms with van der Waals surface area (Å²) in [7, 11) is 0. The van der Waals surface area contributed by atoms with Gasteiger partial charge in [0.15, 0.2) is 0 Å². The Hall–Kier alpha value is -0.830. The van der Waals surface area contributed by atoms with Gasteiger partial charge in [0.1, 0.15) is 0 Å². The molecule has 1 aliphatic rings. The molecule has 2 rings (SSSR count). The fraction of sp³-hybridized carbons (Fsp3) is 0.750. The number of ether oxygens (including phenoxy) is 1. The van der Waals surface area contributed by atoms with E-state index in [-0.39, 0.29) is 5.41 Å². The largest absolute Gasteiger partial charge is 0.381 e. The van der Waals surface area contributed by atoms with Gasteiger partial charge >= 0.3 is 0 Å². The summed E-state index contributed by atoms with van der Waals surface area (Å²) < 4.78 is 7.47. The highest BCUT2D eigenvalue weighted by atomic mass is 16.5. The van der Waals surface area contributed by atoms with Gasteiger partial charge in [-0.25, -0.2) is 0 Å². The van der Waals surface area contributed by atoms with Crippen LogP contribution in [0.1, 0.15) is 45.2 Å². The van der Waals surface area contributed by atoms with Gasteiger partial charge in [0.25, 0.3) is 0 Å². The Morgan fingerprint density at radius 1 is 1.33 bits per heavy atom. The number of hydrogen-bond donors (Lipinski definition) is 0. The smallest absolute Gasteiger partial charge is 0.0563 e. The zero-order chi connectivity index (χ0) is 10.9. The Bertz CT molecular complexity index is 319. The lowest BCUT2D eigenvalue weighted by molar-refractivity contribution is 0.0662. The van der Waals surface area contributed by atoms with E-state index in [9.17, 15) is 0 Å². The van der Waals surface area contributed by atoms with Crippen LogP contribution in [-0.2, 0) is 10.2 Å². The summed E-state index contributed by atoms with van der Waals surface area (Å²) in [5, 5.41) is 4.47. The molecule has 0 N–H and O–H groups in total. The van der Waals surface area contributed by atoms with E-state index in [1.165, 1.54) is 5.56 Å². The van der Waals surface area contributed by atoms with Crippen LogP contribution in [0.2, 0.25) is 0 Å². The van der Waals surface area contributed by atoms with E-state index in [2.05, 4.69) is 36.7 Å². The van der Waals surface area contributed by atoms with Gasteiger partial charge in [-0.1, -0.05) is 20.8 Å². The van der Waals surface area contributed by atoms with Gasteiger partial charge in [0, 0.05) is 19.4 Å². The molecule has 2 heterocycles. The number of aromatic nitrogens is 2. The predicted molar refractivity (Wildman–Crippen MR) is 60.0 cm³/mol. The van der Waals surface area contributed by atoms with E-state index in [1.807, 2.05) is 6.20 Å². The van der Waals surface area contributed by atoms with Crippen molar-refractivity contribution >= 4 is 0 Å². The molecular weight excluding hydrogens is 188 g/mol. The highest BCUT2D eigenvalue weighted by molar-refractivity contribution is 5.15. The average molecular weight is 208 g/mol. The van der Waals surface area contributed by atoms with Crippen molar-refractivity contribution in [3.63, 3.8) is 0 Å². The van der Waals surface area contributed by atoms with Gasteiger partial charge in [-0.05, 0) is 23.8 Å². The first-order chi connectivity index (χ1) is 7.07. The molecular formula is C12H20N2O. The molecule has 15 heavy (non-hydrogen) atoms. The normalized spacial score (nSPS) is 19.4. The molecule has 3 heteroatoms. The predicted octanol–water partition coefficient (Wildman–Crippen LogP) is 2.53. The maximum Gasteiger partial charge on any atom is 0.0563 e. The fourth-order valence-corrected chi connectivity index (χ4v) is 1.87. The second-order valence-electron chi connectivity index (χ2n) is 5.30. The molecule has 1 aromatic rings. The van der Waals surface area contributed by atoms with Crippen molar-refractivity contribution in [2.24, 2.45) is 0 Å². The molecule has 0 spiro atoms. The van der Waals surface area contributed by atoms with Gasteiger partial charge in [0.2, 0.25) is 0 Å². The lowest BCUT2D eigenvalue weighted by Gasteiger charge is -2.22. The van der Waals surface area contributed by atoms with E-state index in [1.54, 1.807) is 0 Å². The minimum atomic E-state index is 0.198. The lowest BCUT2D eigenvalue weighted by Crippen LogP contribution is -2.20. The summed E-state index contributed by atoms with van der Waals surface area (Å²) in [6.07, 6.45) is 6.36. The third-order valence-corrected chi connectivity index (χ3v) is 3.03. The minimum absolute atomic E-state index is 0.198. The molecule has 0 aliphatic carbocycles. The Morgan fingerprint density at radius 2 is 2.00 bits per heavy atom. The van der Waals surface area contributed by atoms with E-state index >= 15 is 0 Å². The number of rotatable bonds is 1. The van der Waals surface area contributed by atoms with Gasteiger partial charge in [0.05, 0.1) is 12.2 Å². The number of nitrogens with zero attached hydrogens (tertiary/aromatic N) is 2. The first-order valence-electron chi connectivity index (χ1n) is 5.70. The first kappa shape index (κ1) is 10.7. The summed E-state index contributed by atoms with van der Waals surface area (Å²) in [4.78, 5) is 0. The zero-order valence-corrected chi connectivity index (χ0v) is 9.86. The molecule has 0 unspecified atom stereocenters. The lowest BCUT2D eigenvalue weighted by atomic mass is 9.90. The molecule has 3 nitrogen and oxygen atoms in total. The third-order valence-electron chi connectivity index (χ3n) is 3.03. The molecule has 1 aromatic heterocycles. The van der Waals surface area contributed by atoms with Crippen molar-refractivity contribution in [3.8, 4) is 0 Å². The van der Waals surface area contributed by atoms with Crippen LogP contribution < -0.4 is 0 Å². The van der Waals surface area contributed by atoms with Crippen molar-refractivity contribution in [1.29, 1.82) is 0 Å². The Labute approximate surface area is 91.4 Å². The molecule has 0 amide bonds. The molecule has 1 saturated heterocycles. The maximum absolute atomic E-state index is 5.35. The van der Waals surface area contributed by atoms with Crippen molar-refractivity contribution in [2.45, 2.75) is 45.1 Å². The van der Waals surface area contributed by atoms with Crippen LogP contribution in [0, 0.1) is 0 Å². The van der Waals surface area contributed by atoms with Gasteiger partial charge in [-0.15, -0.1) is 0 Å².